The number of aryl methyl sites for hydroxylation is 2. The molecule has 20 heavy (non-hydrogen) atoms. The summed E-state index contributed by atoms with van der Waals surface area (Å²) in [4.78, 5) is 5.62. The van der Waals surface area contributed by atoms with Crippen molar-refractivity contribution in [3.63, 3.8) is 0 Å². The van der Waals surface area contributed by atoms with Crippen LogP contribution in [0.25, 0.3) is 0 Å². The lowest BCUT2D eigenvalue weighted by Crippen LogP contribution is -2.25. The second kappa shape index (κ2) is 5.22. The molecule has 0 saturated heterocycles. The molecule has 1 aliphatic rings. The third kappa shape index (κ3) is 2.74. The van der Waals surface area contributed by atoms with Gasteiger partial charge in [0.15, 0.2) is 0 Å². The third-order valence-electron chi connectivity index (χ3n) is 3.54. The molecule has 1 saturated carbocycles. The molecule has 3 rings (SSSR count). The van der Waals surface area contributed by atoms with Crippen LogP contribution in [0.1, 0.15) is 40.0 Å². The average molecular weight is 294 g/mol. The average Bonchev–Trinajstić information content (AvgIpc) is 3.16. The summed E-state index contributed by atoms with van der Waals surface area (Å²) in [5.74, 6) is -0.816. The molecule has 1 N–H and O–H groups in total. The van der Waals surface area contributed by atoms with E-state index >= 15 is 0 Å². The first kappa shape index (κ1) is 13.6. The van der Waals surface area contributed by atoms with E-state index in [9.17, 15) is 8.78 Å². The van der Waals surface area contributed by atoms with Crippen molar-refractivity contribution in [2.45, 2.75) is 38.8 Å². The maximum absolute atomic E-state index is 14.1. The molecule has 0 amide bonds. The molecule has 1 aromatic carbocycles. The number of aromatic nitrogens is 1. The monoisotopic (exact) mass is 294 g/mol. The maximum Gasteiger partial charge on any atom is 0.128 e. The van der Waals surface area contributed by atoms with Crippen molar-refractivity contribution in [1.82, 2.24) is 10.3 Å². The zero-order valence-corrected chi connectivity index (χ0v) is 12.2. The van der Waals surface area contributed by atoms with Crippen LogP contribution < -0.4 is 5.32 Å². The van der Waals surface area contributed by atoms with Crippen LogP contribution in [0.15, 0.2) is 18.2 Å². The number of nitrogens with one attached hydrogen (secondary N) is 1. The molecule has 0 radical (unpaired) electrons. The van der Waals surface area contributed by atoms with Crippen molar-refractivity contribution in [3.05, 3.63) is 51.0 Å². The lowest BCUT2D eigenvalue weighted by atomic mass is 10.1. The van der Waals surface area contributed by atoms with Gasteiger partial charge in [0.05, 0.1) is 11.7 Å². The Labute approximate surface area is 120 Å². The van der Waals surface area contributed by atoms with E-state index in [0.29, 0.717) is 11.6 Å². The van der Waals surface area contributed by atoms with Crippen LogP contribution in [0, 0.1) is 25.5 Å². The second-order valence-electron chi connectivity index (χ2n) is 5.23. The Balaban J connectivity index is 2.02. The van der Waals surface area contributed by atoms with Gasteiger partial charge in [-0.1, -0.05) is 0 Å². The highest BCUT2D eigenvalue weighted by Crippen LogP contribution is 2.33. The fourth-order valence-corrected chi connectivity index (χ4v) is 3.14. The Hall–Kier alpha value is -1.33. The van der Waals surface area contributed by atoms with Crippen LogP contribution in [-0.4, -0.2) is 11.0 Å². The first-order valence-electron chi connectivity index (χ1n) is 6.69. The predicted molar refractivity (Wildman–Crippen MR) is 75.9 cm³/mol. The number of halogens is 2. The van der Waals surface area contributed by atoms with E-state index in [1.807, 2.05) is 13.8 Å². The minimum atomic E-state index is -0.422. The smallest absolute Gasteiger partial charge is 0.128 e. The zero-order chi connectivity index (χ0) is 14.3. The third-order valence-corrected chi connectivity index (χ3v) is 4.68. The Kier molecular flexibility index (Phi) is 3.56. The Morgan fingerprint density at radius 2 is 2.05 bits per heavy atom. The molecule has 1 fully saturated rings. The highest BCUT2D eigenvalue weighted by Gasteiger charge is 2.30. The van der Waals surface area contributed by atoms with Gasteiger partial charge in [-0.3, -0.25) is 0 Å². The van der Waals surface area contributed by atoms with Crippen molar-refractivity contribution in [2.75, 3.05) is 0 Å². The summed E-state index contributed by atoms with van der Waals surface area (Å²) in [6, 6.07) is 3.61. The van der Waals surface area contributed by atoms with Crippen molar-refractivity contribution < 1.29 is 8.78 Å². The molecule has 0 bridgehead atoms. The topological polar surface area (TPSA) is 24.9 Å². The van der Waals surface area contributed by atoms with Crippen LogP contribution in [0.3, 0.4) is 0 Å². The fourth-order valence-electron chi connectivity index (χ4n) is 2.14. The van der Waals surface area contributed by atoms with Gasteiger partial charge < -0.3 is 5.32 Å². The van der Waals surface area contributed by atoms with E-state index in [0.717, 1.165) is 34.5 Å². The van der Waals surface area contributed by atoms with Gasteiger partial charge in [-0.05, 0) is 44.9 Å². The van der Waals surface area contributed by atoms with Crippen LogP contribution in [0.4, 0.5) is 8.78 Å². The molecule has 5 heteroatoms. The predicted octanol–water partition coefficient (Wildman–Crippen LogP) is 3.88. The summed E-state index contributed by atoms with van der Waals surface area (Å²) >= 11 is 1.54. The number of nitrogens with zero attached hydrogens (tertiary/aromatic N) is 1. The van der Waals surface area contributed by atoms with E-state index in [4.69, 9.17) is 0 Å². The summed E-state index contributed by atoms with van der Waals surface area (Å²) in [7, 11) is 0. The van der Waals surface area contributed by atoms with Gasteiger partial charge >= 0.3 is 0 Å². The maximum atomic E-state index is 14.1. The second-order valence-corrected chi connectivity index (χ2v) is 6.47. The molecule has 1 unspecified atom stereocenters. The number of thiazole rings is 1. The zero-order valence-electron chi connectivity index (χ0n) is 11.4. The molecule has 1 aliphatic carbocycles. The van der Waals surface area contributed by atoms with Crippen molar-refractivity contribution in [2.24, 2.45) is 0 Å². The number of hydrogen-bond donors (Lipinski definition) is 1. The van der Waals surface area contributed by atoms with Crippen LogP contribution in [0.2, 0.25) is 0 Å². The van der Waals surface area contributed by atoms with Gasteiger partial charge in [0, 0.05) is 16.5 Å². The quantitative estimate of drug-likeness (QED) is 0.925. The molecule has 1 aromatic heterocycles. The van der Waals surface area contributed by atoms with Gasteiger partial charge in [-0.15, -0.1) is 11.3 Å². The first-order chi connectivity index (χ1) is 9.54. The number of benzene rings is 1. The molecular weight excluding hydrogens is 278 g/mol. The highest BCUT2D eigenvalue weighted by atomic mass is 32.1. The minimum Gasteiger partial charge on any atom is -0.301 e. The van der Waals surface area contributed by atoms with E-state index in [1.54, 1.807) is 0 Å². The molecule has 1 heterocycles. The molecular formula is C15H16F2N2S. The molecule has 2 nitrogen and oxygen atoms in total. The van der Waals surface area contributed by atoms with Gasteiger partial charge in [-0.25, -0.2) is 13.8 Å². The van der Waals surface area contributed by atoms with Gasteiger partial charge in [0.25, 0.3) is 0 Å². The highest BCUT2D eigenvalue weighted by molar-refractivity contribution is 7.11. The summed E-state index contributed by atoms with van der Waals surface area (Å²) in [5.41, 5.74) is 1.29. The van der Waals surface area contributed by atoms with E-state index in [2.05, 4.69) is 10.3 Å². The van der Waals surface area contributed by atoms with Gasteiger partial charge in [-0.2, -0.15) is 0 Å². The van der Waals surface area contributed by atoms with Crippen LogP contribution >= 0.6 is 11.3 Å². The molecule has 1 atom stereocenters. The number of hydrogen-bond acceptors (Lipinski definition) is 3. The Bertz CT molecular complexity index is 615. The molecule has 0 aliphatic heterocycles. The van der Waals surface area contributed by atoms with Gasteiger partial charge in [0.1, 0.15) is 16.6 Å². The summed E-state index contributed by atoms with van der Waals surface area (Å²) in [6.45, 7) is 3.93. The van der Waals surface area contributed by atoms with Crippen molar-refractivity contribution >= 4 is 11.3 Å². The SMILES string of the molecule is Cc1nc(C(NC2CC2)c2cc(F)ccc2F)sc1C. The Morgan fingerprint density at radius 1 is 1.30 bits per heavy atom. The lowest BCUT2D eigenvalue weighted by Gasteiger charge is -2.17. The van der Waals surface area contributed by atoms with Crippen molar-refractivity contribution in [1.29, 1.82) is 0 Å². The van der Waals surface area contributed by atoms with Crippen LogP contribution in [-0.2, 0) is 0 Å². The summed E-state index contributed by atoms with van der Waals surface area (Å²) in [5, 5.41) is 4.18. The normalized spacial score (nSPS) is 16.4. The standard InChI is InChI=1S/C15H16F2N2S/c1-8-9(2)20-15(18-8)14(19-11-4-5-11)12-7-10(16)3-6-13(12)17/h3,6-7,11,14,19H,4-5H2,1-2H3. The molecule has 0 spiro atoms. The van der Waals surface area contributed by atoms with E-state index in [-0.39, 0.29) is 6.04 Å². The summed E-state index contributed by atoms with van der Waals surface area (Å²) < 4.78 is 27.5. The largest absolute Gasteiger partial charge is 0.301 e. The Morgan fingerprint density at radius 3 is 2.65 bits per heavy atom. The van der Waals surface area contributed by atoms with E-state index in [1.165, 1.54) is 23.5 Å². The van der Waals surface area contributed by atoms with Gasteiger partial charge in [0.2, 0.25) is 0 Å². The molecule has 106 valence electrons. The fraction of sp³-hybridized carbons (Fsp3) is 0.400. The van der Waals surface area contributed by atoms with E-state index < -0.39 is 11.6 Å². The number of rotatable bonds is 4. The minimum absolute atomic E-state index is 0.339. The first-order valence-corrected chi connectivity index (χ1v) is 7.51. The van der Waals surface area contributed by atoms with Crippen LogP contribution in [0.5, 0.6) is 0 Å². The van der Waals surface area contributed by atoms with Crippen molar-refractivity contribution in [3.8, 4) is 0 Å². The summed E-state index contributed by atoms with van der Waals surface area (Å²) in [6.07, 6.45) is 2.16. The lowest BCUT2D eigenvalue weighted by molar-refractivity contribution is 0.533. The molecule has 2 aromatic rings.